The van der Waals surface area contributed by atoms with E-state index in [2.05, 4.69) is 20.4 Å². The third kappa shape index (κ3) is 6.17. The molecule has 36 heavy (non-hydrogen) atoms. The van der Waals surface area contributed by atoms with Crippen molar-refractivity contribution in [3.63, 3.8) is 0 Å². The molecule has 190 valence electrons. The average Bonchev–Trinajstić information content (AvgIpc) is 3.29. The Kier molecular flexibility index (Phi) is 8.25. The van der Waals surface area contributed by atoms with Crippen molar-refractivity contribution in [2.45, 2.75) is 39.9 Å². The molecule has 0 aliphatic carbocycles. The number of hydrogen-bond acceptors (Lipinski definition) is 10. The van der Waals surface area contributed by atoms with Crippen LogP contribution in [0.2, 0.25) is 0 Å². The Labute approximate surface area is 206 Å². The molecule has 3 aromatic rings. The smallest absolute Gasteiger partial charge is 0.364 e. The molecular weight excluding hydrogens is 473 g/mol. The maximum atomic E-state index is 13.1. The fourth-order valence-electron chi connectivity index (χ4n) is 3.28. The van der Waals surface area contributed by atoms with Gasteiger partial charge in [0.15, 0.2) is 5.78 Å². The molecule has 0 bridgehead atoms. The van der Waals surface area contributed by atoms with Gasteiger partial charge in [0.1, 0.15) is 5.82 Å². The van der Waals surface area contributed by atoms with Crippen LogP contribution in [0.1, 0.15) is 42.4 Å². The summed E-state index contributed by atoms with van der Waals surface area (Å²) in [5.41, 5.74) is 0.429. The molecular formula is C23H26FN7O5. The fourth-order valence-corrected chi connectivity index (χ4v) is 3.28. The van der Waals surface area contributed by atoms with Gasteiger partial charge in [0.25, 0.3) is 0 Å². The van der Waals surface area contributed by atoms with Gasteiger partial charge in [-0.15, -0.1) is 0 Å². The Hall–Kier alpha value is -4.42. The summed E-state index contributed by atoms with van der Waals surface area (Å²) in [6.45, 7) is 5.10. The van der Waals surface area contributed by atoms with Crippen LogP contribution in [0.15, 0.2) is 36.7 Å². The summed E-state index contributed by atoms with van der Waals surface area (Å²) in [5.74, 6) is -1.81. The maximum absolute atomic E-state index is 13.1. The second-order valence-corrected chi connectivity index (χ2v) is 7.97. The molecule has 13 heteroatoms. The predicted molar refractivity (Wildman–Crippen MR) is 128 cm³/mol. The zero-order valence-electron chi connectivity index (χ0n) is 20.3. The maximum Gasteiger partial charge on any atom is 0.364 e. The van der Waals surface area contributed by atoms with E-state index >= 15 is 0 Å². The summed E-state index contributed by atoms with van der Waals surface area (Å²) in [6, 6.07) is 5.32. The number of ketones is 1. The molecule has 0 aliphatic rings. The number of carbonyl (C=O) groups excluding carboxylic acids is 2. The molecule has 3 rings (SSSR count). The average molecular weight is 500 g/mol. The van der Waals surface area contributed by atoms with Gasteiger partial charge in [-0.25, -0.2) is 9.18 Å². The van der Waals surface area contributed by atoms with Gasteiger partial charge in [-0.05, 0) is 38.5 Å². The lowest BCUT2D eigenvalue weighted by Crippen LogP contribution is -2.36. The Bertz CT molecular complexity index is 1260. The normalized spacial score (nSPS) is 11.6. The second-order valence-electron chi connectivity index (χ2n) is 7.97. The monoisotopic (exact) mass is 499 g/mol. The van der Waals surface area contributed by atoms with E-state index in [1.807, 2.05) is 0 Å². The SMILES string of the molecule is CCOC(=O)c1nc(NCc2cnn(Cc3ccc(F)cc3)c2)nc(N(C)[C@@H](C)C(C)=O)c1[N+](=O)[O-]. The third-order valence-electron chi connectivity index (χ3n) is 5.42. The van der Waals surface area contributed by atoms with Gasteiger partial charge in [0.05, 0.1) is 30.3 Å². The van der Waals surface area contributed by atoms with E-state index in [1.165, 1.54) is 31.0 Å². The first-order chi connectivity index (χ1) is 17.1. The predicted octanol–water partition coefficient (Wildman–Crippen LogP) is 2.97. The van der Waals surface area contributed by atoms with Crippen molar-refractivity contribution in [3.05, 3.63) is 69.4 Å². The summed E-state index contributed by atoms with van der Waals surface area (Å²) in [4.78, 5) is 45.1. The van der Waals surface area contributed by atoms with Crippen molar-refractivity contribution in [1.82, 2.24) is 19.7 Å². The summed E-state index contributed by atoms with van der Waals surface area (Å²) in [7, 11) is 1.47. The number of nitro groups is 1. The number of Topliss-reactive ketones (excluding diaryl/α,β-unsaturated/α-hetero) is 1. The van der Waals surface area contributed by atoms with Crippen LogP contribution in [-0.4, -0.2) is 56.1 Å². The van der Waals surface area contributed by atoms with Crippen LogP contribution >= 0.6 is 0 Å². The number of rotatable bonds is 11. The summed E-state index contributed by atoms with van der Waals surface area (Å²) in [5, 5.41) is 19.1. The van der Waals surface area contributed by atoms with Gasteiger partial charge >= 0.3 is 11.7 Å². The first kappa shape index (κ1) is 26.2. The van der Waals surface area contributed by atoms with E-state index in [-0.39, 0.29) is 36.5 Å². The molecule has 12 nitrogen and oxygen atoms in total. The molecule has 0 saturated heterocycles. The van der Waals surface area contributed by atoms with E-state index in [1.54, 1.807) is 43.1 Å². The van der Waals surface area contributed by atoms with E-state index in [0.29, 0.717) is 6.54 Å². The van der Waals surface area contributed by atoms with Crippen molar-refractivity contribution in [2.75, 3.05) is 23.9 Å². The van der Waals surface area contributed by atoms with Gasteiger partial charge in [-0.3, -0.25) is 19.6 Å². The molecule has 2 aromatic heterocycles. The molecule has 0 spiro atoms. The second kappa shape index (κ2) is 11.3. The van der Waals surface area contributed by atoms with Crippen molar-refractivity contribution < 1.29 is 23.6 Å². The number of aromatic nitrogens is 4. The number of anilines is 2. The molecule has 1 atom stereocenters. The summed E-state index contributed by atoms with van der Waals surface area (Å²) >= 11 is 0. The molecule has 0 radical (unpaired) electrons. The molecule has 1 N–H and O–H groups in total. The molecule has 0 fully saturated rings. The highest BCUT2D eigenvalue weighted by Crippen LogP contribution is 2.31. The minimum Gasteiger partial charge on any atom is -0.461 e. The van der Waals surface area contributed by atoms with Crippen molar-refractivity contribution in [2.24, 2.45) is 0 Å². The lowest BCUT2D eigenvalue weighted by atomic mass is 10.2. The lowest BCUT2D eigenvalue weighted by Gasteiger charge is -2.24. The summed E-state index contributed by atoms with van der Waals surface area (Å²) < 4.78 is 19.7. The minimum atomic E-state index is -0.980. The van der Waals surface area contributed by atoms with E-state index in [9.17, 15) is 24.1 Å². The Balaban J connectivity index is 1.89. The Morgan fingerprint density at radius 2 is 1.94 bits per heavy atom. The van der Waals surface area contributed by atoms with Crippen LogP contribution in [0.4, 0.5) is 21.8 Å². The van der Waals surface area contributed by atoms with Gasteiger partial charge in [-0.2, -0.15) is 15.1 Å². The third-order valence-corrected chi connectivity index (χ3v) is 5.42. The van der Waals surface area contributed by atoms with Crippen LogP contribution < -0.4 is 10.2 Å². The zero-order chi connectivity index (χ0) is 26.4. The first-order valence-electron chi connectivity index (χ1n) is 11.1. The molecule has 0 saturated carbocycles. The number of hydrogen-bond donors (Lipinski definition) is 1. The fraction of sp³-hybridized carbons (Fsp3) is 0.348. The minimum absolute atomic E-state index is 0.00891. The Morgan fingerprint density at radius 1 is 1.25 bits per heavy atom. The molecule has 1 aromatic carbocycles. The van der Waals surface area contributed by atoms with E-state index < -0.39 is 28.3 Å². The number of benzene rings is 1. The largest absolute Gasteiger partial charge is 0.461 e. The van der Waals surface area contributed by atoms with Gasteiger partial charge in [-0.1, -0.05) is 12.1 Å². The van der Waals surface area contributed by atoms with E-state index in [4.69, 9.17) is 4.74 Å². The van der Waals surface area contributed by atoms with Crippen LogP contribution in [-0.2, 0) is 22.6 Å². The van der Waals surface area contributed by atoms with Crippen molar-refractivity contribution in [1.29, 1.82) is 0 Å². The summed E-state index contributed by atoms with van der Waals surface area (Å²) in [6.07, 6.45) is 3.37. The zero-order valence-corrected chi connectivity index (χ0v) is 20.3. The molecule has 0 aliphatic heterocycles. The van der Waals surface area contributed by atoms with Gasteiger partial charge < -0.3 is 15.0 Å². The van der Waals surface area contributed by atoms with Crippen LogP contribution in [0, 0.1) is 15.9 Å². The first-order valence-corrected chi connectivity index (χ1v) is 11.1. The number of esters is 1. The van der Waals surface area contributed by atoms with Crippen LogP contribution in [0.3, 0.4) is 0 Å². The standard InChI is InChI=1S/C23H26FN7O5/c1-5-36-22(33)19-20(31(34)35)21(29(4)14(2)15(3)32)28-23(27-19)25-10-17-11-26-30(13-17)12-16-6-8-18(24)9-7-16/h6-9,11,13-14H,5,10,12H2,1-4H3,(H,25,27,28)/t14-/m0/s1. The number of nitrogens with one attached hydrogen (secondary N) is 1. The molecule has 0 unspecified atom stereocenters. The van der Waals surface area contributed by atoms with Crippen molar-refractivity contribution in [3.8, 4) is 0 Å². The number of halogens is 1. The highest BCUT2D eigenvalue weighted by molar-refractivity contribution is 5.95. The molecule has 2 heterocycles. The van der Waals surface area contributed by atoms with Crippen LogP contribution in [0.25, 0.3) is 0 Å². The number of likely N-dealkylation sites (N-methyl/N-ethyl adjacent to an activating group) is 1. The topological polar surface area (TPSA) is 145 Å². The Morgan fingerprint density at radius 3 is 2.56 bits per heavy atom. The number of ether oxygens (including phenoxy) is 1. The highest BCUT2D eigenvalue weighted by Gasteiger charge is 2.34. The van der Waals surface area contributed by atoms with Gasteiger partial charge in [0.2, 0.25) is 17.5 Å². The number of carbonyl (C=O) groups is 2. The van der Waals surface area contributed by atoms with Gasteiger partial charge in [0, 0.05) is 25.4 Å². The highest BCUT2D eigenvalue weighted by atomic mass is 19.1. The lowest BCUT2D eigenvalue weighted by molar-refractivity contribution is -0.384. The van der Waals surface area contributed by atoms with Crippen LogP contribution in [0.5, 0.6) is 0 Å². The number of nitrogens with zero attached hydrogens (tertiary/aromatic N) is 6. The van der Waals surface area contributed by atoms with E-state index in [0.717, 1.165) is 11.1 Å². The quantitative estimate of drug-likeness (QED) is 0.237. The molecule has 0 amide bonds. The van der Waals surface area contributed by atoms with Crippen molar-refractivity contribution >= 4 is 29.2 Å².